The largest absolute Gasteiger partial charge is 0.357 e. The van der Waals surface area contributed by atoms with Gasteiger partial charge in [-0.15, -0.1) is 0 Å². The molecule has 0 saturated carbocycles. The molecule has 0 bridgehead atoms. The molecule has 4 aromatic rings. The van der Waals surface area contributed by atoms with Crippen molar-refractivity contribution in [2.75, 3.05) is 19.6 Å². The van der Waals surface area contributed by atoms with E-state index in [1.165, 1.54) is 16.5 Å². The molecule has 0 aliphatic rings. The van der Waals surface area contributed by atoms with Gasteiger partial charge in [-0.25, -0.2) is 4.98 Å². The van der Waals surface area contributed by atoms with Crippen molar-refractivity contribution in [2.24, 2.45) is 4.99 Å². The van der Waals surface area contributed by atoms with Crippen LogP contribution in [-0.4, -0.2) is 40.1 Å². The first kappa shape index (κ1) is 20.8. The highest BCUT2D eigenvalue weighted by Crippen LogP contribution is 2.17. The Morgan fingerprint density at radius 3 is 2.81 bits per heavy atom. The van der Waals surface area contributed by atoms with Gasteiger partial charge < -0.3 is 15.2 Å². The number of nitrogens with one attached hydrogen (secondary N) is 2. The molecule has 0 aliphatic carbocycles. The van der Waals surface area contributed by atoms with Crippen LogP contribution in [0.3, 0.4) is 0 Å². The van der Waals surface area contributed by atoms with E-state index in [0.717, 1.165) is 61.8 Å². The number of benzene rings is 2. The molecule has 6 nitrogen and oxygen atoms in total. The number of nitrogens with zero attached hydrogens (tertiary/aromatic N) is 4. The van der Waals surface area contributed by atoms with E-state index >= 15 is 0 Å². The minimum atomic E-state index is 0.761. The molecule has 160 valence electrons. The number of aromatic nitrogens is 3. The van der Waals surface area contributed by atoms with Gasteiger partial charge in [0, 0.05) is 37.8 Å². The van der Waals surface area contributed by atoms with Crippen LogP contribution in [0.5, 0.6) is 0 Å². The Hall–Kier alpha value is -3.41. The predicted octanol–water partition coefficient (Wildman–Crippen LogP) is 4.08. The van der Waals surface area contributed by atoms with Crippen molar-refractivity contribution in [3.63, 3.8) is 0 Å². The van der Waals surface area contributed by atoms with Gasteiger partial charge in [0.15, 0.2) is 5.96 Å². The molecule has 0 fully saturated rings. The topological polar surface area (TPSA) is 67.1 Å². The summed E-state index contributed by atoms with van der Waals surface area (Å²) in [4.78, 5) is 14.0. The van der Waals surface area contributed by atoms with Gasteiger partial charge in [0.25, 0.3) is 0 Å². The molecule has 0 saturated heterocycles. The Balaban J connectivity index is 1.32. The number of hydrogen-bond acceptors (Lipinski definition) is 3. The zero-order valence-electron chi connectivity index (χ0n) is 18.3. The lowest BCUT2D eigenvalue weighted by Crippen LogP contribution is -2.38. The highest BCUT2D eigenvalue weighted by molar-refractivity contribution is 5.82. The number of aliphatic imine (C=N–C) groups is 1. The van der Waals surface area contributed by atoms with Crippen LogP contribution >= 0.6 is 0 Å². The van der Waals surface area contributed by atoms with Crippen LogP contribution in [0.25, 0.3) is 21.9 Å². The van der Waals surface area contributed by atoms with Gasteiger partial charge in [-0.1, -0.05) is 36.4 Å². The first-order valence-corrected chi connectivity index (χ1v) is 11.0. The van der Waals surface area contributed by atoms with Crippen LogP contribution in [0, 0.1) is 6.92 Å². The van der Waals surface area contributed by atoms with Crippen molar-refractivity contribution >= 4 is 27.9 Å². The van der Waals surface area contributed by atoms with Crippen molar-refractivity contribution < 1.29 is 0 Å². The SMILES string of the molecule is CCNC(=NCCCn1c(C)nc2ccccc21)NCCc1cccc2cccnc12. The summed E-state index contributed by atoms with van der Waals surface area (Å²) in [5.41, 5.74) is 4.58. The van der Waals surface area contributed by atoms with Crippen molar-refractivity contribution in [1.82, 2.24) is 25.2 Å². The fourth-order valence-electron chi connectivity index (χ4n) is 3.92. The Morgan fingerprint density at radius 1 is 1.03 bits per heavy atom. The quantitative estimate of drug-likeness (QED) is 0.259. The molecule has 4 rings (SSSR count). The Kier molecular flexibility index (Phi) is 6.77. The van der Waals surface area contributed by atoms with E-state index in [4.69, 9.17) is 4.99 Å². The zero-order valence-corrected chi connectivity index (χ0v) is 18.3. The molecule has 0 atom stereocenters. The van der Waals surface area contributed by atoms with E-state index in [-0.39, 0.29) is 0 Å². The number of pyridine rings is 1. The zero-order chi connectivity index (χ0) is 21.5. The molecule has 2 heterocycles. The van der Waals surface area contributed by atoms with Gasteiger partial charge in [-0.05, 0) is 50.5 Å². The molecular formula is C25H30N6. The Morgan fingerprint density at radius 2 is 1.90 bits per heavy atom. The summed E-state index contributed by atoms with van der Waals surface area (Å²) in [6.45, 7) is 7.48. The molecule has 31 heavy (non-hydrogen) atoms. The number of imidazole rings is 1. The van der Waals surface area contributed by atoms with Gasteiger partial charge in [0.05, 0.1) is 16.6 Å². The number of fused-ring (bicyclic) bond motifs is 2. The molecule has 0 spiro atoms. The second kappa shape index (κ2) is 10.1. The summed E-state index contributed by atoms with van der Waals surface area (Å²) in [6, 6.07) is 18.7. The highest BCUT2D eigenvalue weighted by Gasteiger charge is 2.06. The number of guanidine groups is 1. The van der Waals surface area contributed by atoms with Crippen molar-refractivity contribution in [3.05, 3.63) is 72.2 Å². The summed E-state index contributed by atoms with van der Waals surface area (Å²) in [5, 5.41) is 7.99. The summed E-state index contributed by atoms with van der Waals surface area (Å²) < 4.78 is 2.28. The third-order valence-corrected chi connectivity index (χ3v) is 5.40. The van der Waals surface area contributed by atoms with E-state index < -0.39 is 0 Å². The second-order valence-corrected chi connectivity index (χ2v) is 7.58. The summed E-state index contributed by atoms with van der Waals surface area (Å²) in [7, 11) is 0. The van der Waals surface area contributed by atoms with E-state index in [0.29, 0.717) is 0 Å². The Labute approximate surface area is 183 Å². The molecule has 2 aromatic heterocycles. The second-order valence-electron chi connectivity index (χ2n) is 7.58. The predicted molar refractivity (Wildman–Crippen MR) is 129 cm³/mol. The van der Waals surface area contributed by atoms with E-state index in [1.54, 1.807) is 0 Å². The van der Waals surface area contributed by atoms with Gasteiger partial charge in [-0.2, -0.15) is 0 Å². The lowest BCUT2D eigenvalue weighted by molar-refractivity contribution is 0.646. The van der Waals surface area contributed by atoms with Crippen LogP contribution in [-0.2, 0) is 13.0 Å². The van der Waals surface area contributed by atoms with E-state index in [1.807, 2.05) is 18.3 Å². The molecule has 0 unspecified atom stereocenters. The maximum atomic E-state index is 4.76. The summed E-state index contributed by atoms with van der Waals surface area (Å²) in [5.74, 6) is 1.92. The third-order valence-electron chi connectivity index (χ3n) is 5.40. The van der Waals surface area contributed by atoms with Crippen LogP contribution in [0.1, 0.15) is 24.7 Å². The molecule has 0 aliphatic heterocycles. The molecule has 0 amide bonds. The average molecular weight is 415 g/mol. The maximum Gasteiger partial charge on any atom is 0.191 e. The normalized spacial score (nSPS) is 11.9. The minimum Gasteiger partial charge on any atom is -0.357 e. The number of rotatable bonds is 8. The van der Waals surface area contributed by atoms with E-state index in [2.05, 4.69) is 81.5 Å². The monoisotopic (exact) mass is 414 g/mol. The fourth-order valence-corrected chi connectivity index (χ4v) is 3.92. The van der Waals surface area contributed by atoms with Gasteiger partial charge in [-0.3, -0.25) is 9.98 Å². The summed E-state index contributed by atoms with van der Waals surface area (Å²) >= 11 is 0. The maximum absolute atomic E-state index is 4.76. The van der Waals surface area contributed by atoms with Gasteiger partial charge in [0.2, 0.25) is 0 Å². The lowest BCUT2D eigenvalue weighted by Gasteiger charge is -2.12. The van der Waals surface area contributed by atoms with Gasteiger partial charge in [0.1, 0.15) is 5.82 Å². The lowest BCUT2D eigenvalue weighted by atomic mass is 10.1. The number of aryl methyl sites for hydroxylation is 2. The number of hydrogen-bond donors (Lipinski definition) is 2. The van der Waals surface area contributed by atoms with Crippen molar-refractivity contribution in [1.29, 1.82) is 0 Å². The van der Waals surface area contributed by atoms with Crippen LogP contribution in [0.15, 0.2) is 65.8 Å². The standard InChI is InChI=1S/C25H30N6/c1-3-26-25(29-17-14-21-10-6-9-20-11-7-15-27-24(20)21)28-16-8-18-31-19(2)30-22-12-4-5-13-23(22)31/h4-7,9-13,15H,3,8,14,16-18H2,1-2H3,(H2,26,28,29). The first-order valence-electron chi connectivity index (χ1n) is 11.0. The molecule has 2 aromatic carbocycles. The molecular weight excluding hydrogens is 384 g/mol. The third kappa shape index (κ3) is 5.02. The molecule has 2 N–H and O–H groups in total. The van der Waals surface area contributed by atoms with Crippen LogP contribution < -0.4 is 10.6 Å². The summed E-state index contributed by atoms with van der Waals surface area (Å²) in [6.07, 6.45) is 3.72. The van der Waals surface area contributed by atoms with E-state index in [9.17, 15) is 0 Å². The first-order chi connectivity index (χ1) is 15.3. The van der Waals surface area contributed by atoms with Gasteiger partial charge >= 0.3 is 0 Å². The minimum absolute atomic E-state index is 0.761. The Bertz CT molecular complexity index is 1170. The molecule has 6 heteroatoms. The average Bonchev–Trinajstić information content (AvgIpc) is 3.11. The highest BCUT2D eigenvalue weighted by atomic mass is 15.2. The fraction of sp³-hybridized carbons (Fsp3) is 0.320. The number of para-hydroxylation sites is 3. The van der Waals surface area contributed by atoms with Crippen molar-refractivity contribution in [3.8, 4) is 0 Å². The van der Waals surface area contributed by atoms with Crippen LogP contribution in [0.2, 0.25) is 0 Å². The smallest absolute Gasteiger partial charge is 0.191 e. The van der Waals surface area contributed by atoms with Crippen LogP contribution in [0.4, 0.5) is 0 Å². The van der Waals surface area contributed by atoms with Crippen molar-refractivity contribution in [2.45, 2.75) is 33.2 Å². The molecule has 0 radical (unpaired) electrons.